The van der Waals surface area contributed by atoms with E-state index in [1.165, 1.54) is 24.9 Å². The molecule has 0 bridgehead atoms. The third kappa shape index (κ3) is 4.34. The number of nitrogens with zero attached hydrogens (tertiary/aromatic N) is 1. The van der Waals surface area contributed by atoms with E-state index >= 15 is 0 Å². The summed E-state index contributed by atoms with van der Waals surface area (Å²) >= 11 is 0. The van der Waals surface area contributed by atoms with Gasteiger partial charge >= 0.3 is 0 Å². The molecule has 2 atom stereocenters. The monoisotopic (exact) mass is 317 g/mol. The molecule has 128 valence electrons. The van der Waals surface area contributed by atoms with Crippen LogP contribution in [-0.2, 0) is 16.1 Å². The zero-order chi connectivity index (χ0) is 16.1. The predicted octanol–water partition coefficient (Wildman–Crippen LogP) is 3.59. The Morgan fingerprint density at radius 1 is 1.13 bits per heavy atom. The lowest BCUT2D eigenvalue weighted by Crippen LogP contribution is -2.48. The van der Waals surface area contributed by atoms with E-state index in [4.69, 9.17) is 9.47 Å². The van der Waals surface area contributed by atoms with E-state index in [9.17, 15) is 0 Å². The highest BCUT2D eigenvalue weighted by Gasteiger charge is 2.47. The van der Waals surface area contributed by atoms with E-state index in [-0.39, 0.29) is 0 Å². The standard InChI is InChI=1S/C20H31NO2/c1-20(2)18(8-9-21-10-12-22-13-11-21)14-19(20)16-23-15-17-6-4-3-5-7-17/h3-7,18-19H,8-16H2,1-2H3/t18-,19-/m0/s1. The van der Waals surface area contributed by atoms with Crippen LogP contribution in [0.3, 0.4) is 0 Å². The maximum absolute atomic E-state index is 5.98. The highest BCUT2D eigenvalue weighted by Crippen LogP contribution is 2.52. The van der Waals surface area contributed by atoms with Crippen molar-refractivity contribution in [2.45, 2.75) is 33.3 Å². The number of rotatable bonds is 7. The topological polar surface area (TPSA) is 21.7 Å². The van der Waals surface area contributed by atoms with Gasteiger partial charge in [0.1, 0.15) is 0 Å². The summed E-state index contributed by atoms with van der Waals surface area (Å²) in [5.41, 5.74) is 1.69. The highest BCUT2D eigenvalue weighted by molar-refractivity contribution is 5.13. The van der Waals surface area contributed by atoms with Crippen molar-refractivity contribution in [3.05, 3.63) is 35.9 Å². The molecule has 0 radical (unpaired) electrons. The van der Waals surface area contributed by atoms with E-state index in [2.05, 4.69) is 49.1 Å². The molecular formula is C20H31NO2. The van der Waals surface area contributed by atoms with Gasteiger partial charge in [-0.3, -0.25) is 4.90 Å². The van der Waals surface area contributed by atoms with E-state index < -0.39 is 0 Å². The largest absolute Gasteiger partial charge is 0.379 e. The van der Waals surface area contributed by atoms with E-state index in [1.54, 1.807) is 0 Å². The highest BCUT2D eigenvalue weighted by atomic mass is 16.5. The molecule has 23 heavy (non-hydrogen) atoms. The zero-order valence-corrected chi connectivity index (χ0v) is 14.7. The van der Waals surface area contributed by atoms with Gasteiger partial charge in [0.2, 0.25) is 0 Å². The Balaban J connectivity index is 1.36. The van der Waals surface area contributed by atoms with Gasteiger partial charge in [-0.25, -0.2) is 0 Å². The summed E-state index contributed by atoms with van der Waals surface area (Å²) in [5, 5.41) is 0. The molecular weight excluding hydrogens is 286 g/mol. The van der Waals surface area contributed by atoms with Crippen molar-refractivity contribution in [3.63, 3.8) is 0 Å². The summed E-state index contributed by atoms with van der Waals surface area (Å²) < 4.78 is 11.4. The minimum absolute atomic E-state index is 0.420. The Morgan fingerprint density at radius 3 is 2.57 bits per heavy atom. The fourth-order valence-electron chi connectivity index (χ4n) is 3.95. The first-order valence-electron chi connectivity index (χ1n) is 9.08. The molecule has 1 aliphatic heterocycles. The van der Waals surface area contributed by atoms with Crippen molar-refractivity contribution in [3.8, 4) is 0 Å². The van der Waals surface area contributed by atoms with Gasteiger partial charge in [-0.15, -0.1) is 0 Å². The summed E-state index contributed by atoms with van der Waals surface area (Å²) in [4.78, 5) is 2.55. The van der Waals surface area contributed by atoms with E-state index in [1.807, 2.05) is 0 Å². The molecule has 3 rings (SSSR count). The smallest absolute Gasteiger partial charge is 0.0717 e. The average molecular weight is 317 g/mol. The first kappa shape index (κ1) is 16.9. The summed E-state index contributed by atoms with van der Waals surface area (Å²) in [5.74, 6) is 1.55. The summed E-state index contributed by atoms with van der Waals surface area (Å²) in [6, 6.07) is 10.5. The lowest BCUT2D eigenvalue weighted by molar-refractivity contribution is -0.0824. The minimum atomic E-state index is 0.420. The van der Waals surface area contributed by atoms with Crippen LogP contribution in [0.25, 0.3) is 0 Å². The fourth-order valence-corrected chi connectivity index (χ4v) is 3.95. The van der Waals surface area contributed by atoms with Gasteiger partial charge in [-0.1, -0.05) is 44.2 Å². The zero-order valence-electron chi connectivity index (χ0n) is 14.7. The SMILES string of the molecule is CC1(C)[C@H](COCc2ccccc2)C[C@@H]1CCN1CCOCC1. The van der Waals surface area contributed by atoms with Crippen LogP contribution in [0.5, 0.6) is 0 Å². The molecule has 1 saturated heterocycles. The number of benzene rings is 1. The molecule has 0 unspecified atom stereocenters. The summed E-state index contributed by atoms with van der Waals surface area (Å²) in [6.07, 6.45) is 2.65. The second-order valence-corrected chi connectivity index (χ2v) is 7.69. The maximum atomic E-state index is 5.98. The van der Waals surface area contributed by atoms with Crippen molar-refractivity contribution in [1.82, 2.24) is 4.90 Å². The number of ether oxygens (including phenoxy) is 2. The van der Waals surface area contributed by atoms with Gasteiger partial charge in [-0.2, -0.15) is 0 Å². The first-order valence-corrected chi connectivity index (χ1v) is 9.08. The summed E-state index contributed by atoms with van der Waals surface area (Å²) in [7, 11) is 0. The predicted molar refractivity (Wildman–Crippen MR) is 93.4 cm³/mol. The van der Waals surface area contributed by atoms with Gasteiger partial charge in [0.15, 0.2) is 0 Å². The van der Waals surface area contributed by atoms with Crippen LogP contribution in [0.2, 0.25) is 0 Å². The Kier molecular flexibility index (Phi) is 5.73. The lowest BCUT2D eigenvalue weighted by Gasteiger charge is -2.53. The summed E-state index contributed by atoms with van der Waals surface area (Å²) in [6.45, 7) is 11.8. The average Bonchev–Trinajstić information content (AvgIpc) is 2.58. The van der Waals surface area contributed by atoms with Crippen molar-refractivity contribution in [2.24, 2.45) is 17.3 Å². The van der Waals surface area contributed by atoms with E-state index in [0.717, 1.165) is 45.4 Å². The van der Waals surface area contributed by atoms with Crippen molar-refractivity contribution >= 4 is 0 Å². The van der Waals surface area contributed by atoms with Crippen LogP contribution < -0.4 is 0 Å². The molecule has 0 N–H and O–H groups in total. The maximum Gasteiger partial charge on any atom is 0.0717 e. The van der Waals surface area contributed by atoms with Crippen molar-refractivity contribution in [2.75, 3.05) is 39.5 Å². The molecule has 1 saturated carbocycles. The Labute approximate surface area is 141 Å². The quantitative estimate of drug-likeness (QED) is 0.767. The van der Waals surface area contributed by atoms with Gasteiger partial charge < -0.3 is 9.47 Å². The van der Waals surface area contributed by atoms with Crippen LogP contribution in [0.1, 0.15) is 32.3 Å². The Morgan fingerprint density at radius 2 is 1.87 bits per heavy atom. The molecule has 1 aromatic rings. The first-order chi connectivity index (χ1) is 11.2. The van der Waals surface area contributed by atoms with Crippen LogP contribution in [0, 0.1) is 17.3 Å². The van der Waals surface area contributed by atoms with Gasteiger partial charge in [-0.05, 0) is 42.2 Å². The molecule has 0 aromatic heterocycles. The molecule has 3 nitrogen and oxygen atoms in total. The van der Waals surface area contributed by atoms with Crippen LogP contribution in [0.15, 0.2) is 30.3 Å². The van der Waals surface area contributed by atoms with Gasteiger partial charge in [0.25, 0.3) is 0 Å². The normalized spacial score (nSPS) is 27.6. The molecule has 3 heteroatoms. The minimum Gasteiger partial charge on any atom is -0.379 e. The van der Waals surface area contributed by atoms with Gasteiger partial charge in [0, 0.05) is 13.1 Å². The number of hydrogen-bond acceptors (Lipinski definition) is 3. The molecule has 1 heterocycles. The van der Waals surface area contributed by atoms with Gasteiger partial charge in [0.05, 0.1) is 26.4 Å². The molecule has 1 aliphatic carbocycles. The second kappa shape index (κ2) is 7.78. The molecule has 0 amide bonds. The lowest BCUT2D eigenvalue weighted by atomic mass is 9.54. The van der Waals surface area contributed by atoms with Crippen LogP contribution >= 0.6 is 0 Å². The second-order valence-electron chi connectivity index (χ2n) is 7.69. The Bertz CT molecular complexity index is 468. The Hall–Kier alpha value is -0.900. The van der Waals surface area contributed by atoms with Crippen LogP contribution in [0.4, 0.5) is 0 Å². The molecule has 2 aliphatic rings. The third-order valence-electron chi connectivity index (χ3n) is 6.00. The van der Waals surface area contributed by atoms with Crippen molar-refractivity contribution < 1.29 is 9.47 Å². The van der Waals surface area contributed by atoms with E-state index in [0.29, 0.717) is 11.3 Å². The molecule has 2 fully saturated rings. The van der Waals surface area contributed by atoms with Crippen molar-refractivity contribution in [1.29, 1.82) is 0 Å². The number of hydrogen-bond donors (Lipinski definition) is 0. The molecule has 1 aromatic carbocycles. The van der Waals surface area contributed by atoms with Crippen LogP contribution in [-0.4, -0.2) is 44.4 Å². The third-order valence-corrected chi connectivity index (χ3v) is 6.00. The fraction of sp³-hybridized carbons (Fsp3) is 0.700. The number of morpholine rings is 1. The molecule has 0 spiro atoms.